The molecule has 2 atom stereocenters. The van der Waals surface area contributed by atoms with Gasteiger partial charge < -0.3 is 20.9 Å². The third-order valence-corrected chi connectivity index (χ3v) is 3.75. The van der Waals surface area contributed by atoms with E-state index in [-0.39, 0.29) is 17.9 Å². The van der Waals surface area contributed by atoms with Crippen LogP contribution < -0.4 is 11.1 Å². The van der Waals surface area contributed by atoms with Gasteiger partial charge in [-0.1, -0.05) is 20.3 Å². The lowest BCUT2D eigenvalue weighted by Gasteiger charge is -2.36. The third-order valence-electron chi connectivity index (χ3n) is 3.75. The Balaban J connectivity index is 2.45. The van der Waals surface area contributed by atoms with Gasteiger partial charge in [-0.25, -0.2) is 4.79 Å². The summed E-state index contributed by atoms with van der Waals surface area (Å²) in [6.07, 6.45) is 0.895. The molecule has 0 saturated carbocycles. The second-order valence-electron chi connectivity index (χ2n) is 5.06. The molecule has 1 saturated heterocycles. The van der Waals surface area contributed by atoms with Gasteiger partial charge in [-0.05, 0) is 12.8 Å². The minimum atomic E-state index is -0.430. The molecule has 19 heavy (non-hydrogen) atoms. The molecule has 110 valence electrons. The molecule has 6 heteroatoms. The average molecular weight is 270 g/mol. The van der Waals surface area contributed by atoms with Gasteiger partial charge in [-0.15, -0.1) is 0 Å². The van der Waals surface area contributed by atoms with Crippen molar-refractivity contribution >= 4 is 11.9 Å². The number of hydrogen-bond donors (Lipinski definition) is 2. The molecule has 0 radical (unpaired) electrons. The third kappa shape index (κ3) is 4.09. The molecule has 1 rings (SSSR count). The summed E-state index contributed by atoms with van der Waals surface area (Å²) < 4.78 is 0. The Hall–Kier alpha value is -1.30. The zero-order valence-corrected chi connectivity index (χ0v) is 12.2. The monoisotopic (exact) mass is 270 g/mol. The molecule has 0 bridgehead atoms. The van der Waals surface area contributed by atoms with Crippen LogP contribution >= 0.6 is 0 Å². The Bertz CT molecular complexity index is 314. The summed E-state index contributed by atoms with van der Waals surface area (Å²) in [6.45, 7) is 8.83. The number of carbonyl (C=O) groups excluding carboxylic acids is 2. The Morgan fingerprint density at radius 3 is 2.16 bits per heavy atom. The van der Waals surface area contributed by atoms with E-state index in [1.165, 1.54) is 0 Å². The van der Waals surface area contributed by atoms with E-state index in [0.29, 0.717) is 32.7 Å². The van der Waals surface area contributed by atoms with Gasteiger partial charge in [0.25, 0.3) is 0 Å². The molecule has 2 unspecified atom stereocenters. The molecule has 6 nitrogen and oxygen atoms in total. The molecule has 1 aliphatic heterocycles. The summed E-state index contributed by atoms with van der Waals surface area (Å²) >= 11 is 0. The first-order valence-electron chi connectivity index (χ1n) is 7.08. The zero-order chi connectivity index (χ0) is 14.4. The Morgan fingerprint density at radius 2 is 1.68 bits per heavy atom. The van der Waals surface area contributed by atoms with E-state index in [0.717, 1.165) is 6.42 Å². The maximum Gasteiger partial charge on any atom is 0.317 e. The van der Waals surface area contributed by atoms with Crippen LogP contribution in [-0.4, -0.2) is 60.5 Å². The highest BCUT2D eigenvalue weighted by atomic mass is 16.2. The quantitative estimate of drug-likeness (QED) is 0.768. The SMILES string of the molecule is CCNC(=O)N1CCN(C(=O)C(N)C(C)CC)CC1. The van der Waals surface area contributed by atoms with Crippen LogP contribution in [0.2, 0.25) is 0 Å². The summed E-state index contributed by atoms with van der Waals surface area (Å²) in [7, 11) is 0. The predicted octanol–water partition coefficient (Wildman–Crippen LogP) is 0.234. The Kier molecular flexibility index (Phi) is 6.08. The maximum atomic E-state index is 12.2. The van der Waals surface area contributed by atoms with Crippen molar-refractivity contribution in [3.63, 3.8) is 0 Å². The van der Waals surface area contributed by atoms with Gasteiger partial charge in [0.05, 0.1) is 6.04 Å². The van der Waals surface area contributed by atoms with Gasteiger partial charge in [-0.2, -0.15) is 0 Å². The highest BCUT2D eigenvalue weighted by Crippen LogP contribution is 2.10. The van der Waals surface area contributed by atoms with Gasteiger partial charge in [0.2, 0.25) is 5.91 Å². The van der Waals surface area contributed by atoms with Crippen molar-refractivity contribution < 1.29 is 9.59 Å². The van der Waals surface area contributed by atoms with Crippen molar-refractivity contribution in [3.05, 3.63) is 0 Å². The standard InChI is InChI=1S/C13H26N4O2/c1-4-10(3)11(14)12(18)16-6-8-17(9-7-16)13(19)15-5-2/h10-11H,4-9,14H2,1-3H3,(H,15,19). The number of rotatable bonds is 4. The minimum Gasteiger partial charge on any atom is -0.338 e. The van der Waals surface area contributed by atoms with Gasteiger partial charge in [0.15, 0.2) is 0 Å². The van der Waals surface area contributed by atoms with Crippen LogP contribution in [0.25, 0.3) is 0 Å². The van der Waals surface area contributed by atoms with Crippen molar-refractivity contribution in [3.8, 4) is 0 Å². The van der Waals surface area contributed by atoms with Crippen LogP contribution in [0.15, 0.2) is 0 Å². The fourth-order valence-electron chi connectivity index (χ4n) is 2.10. The molecule has 3 amide bonds. The molecule has 0 spiro atoms. The molecular weight excluding hydrogens is 244 g/mol. The Morgan fingerprint density at radius 1 is 1.16 bits per heavy atom. The molecule has 1 aliphatic rings. The van der Waals surface area contributed by atoms with Crippen LogP contribution in [-0.2, 0) is 4.79 Å². The molecule has 0 aliphatic carbocycles. The first-order valence-corrected chi connectivity index (χ1v) is 7.08. The number of urea groups is 1. The molecule has 0 aromatic carbocycles. The number of amides is 3. The van der Waals surface area contributed by atoms with Gasteiger partial charge in [0, 0.05) is 32.7 Å². The lowest BCUT2D eigenvalue weighted by atomic mass is 9.98. The van der Waals surface area contributed by atoms with Crippen molar-refractivity contribution in [2.45, 2.75) is 33.2 Å². The zero-order valence-electron chi connectivity index (χ0n) is 12.2. The number of nitrogens with one attached hydrogen (secondary N) is 1. The summed E-state index contributed by atoms with van der Waals surface area (Å²) in [5, 5.41) is 2.77. The van der Waals surface area contributed by atoms with Gasteiger partial charge in [0.1, 0.15) is 0 Å². The number of piperazine rings is 1. The van der Waals surface area contributed by atoms with Crippen LogP contribution in [0, 0.1) is 5.92 Å². The topological polar surface area (TPSA) is 78.7 Å². The summed E-state index contributed by atoms with van der Waals surface area (Å²) in [4.78, 5) is 27.3. The first kappa shape index (κ1) is 15.8. The Labute approximate surface area is 115 Å². The van der Waals surface area contributed by atoms with Crippen LogP contribution in [0.1, 0.15) is 27.2 Å². The molecule has 0 aromatic rings. The first-order chi connectivity index (χ1) is 9.01. The summed E-state index contributed by atoms with van der Waals surface area (Å²) in [5.41, 5.74) is 5.96. The number of nitrogens with zero attached hydrogens (tertiary/aromatic N) is 2. The van der Waals surface area contributed by atoms with Crippen molar-refractivity contribution in [1.82, 2.24) is 15.1 Å². The molecule has 0 aromatic heterocycles. The second kappa shape index (κ2) is 7.33. The summed E-state index contributed by atoms with van der Waals surface area (Å²) in [5.74, 6) is 0.193. The number of nitrogens with two attached hydrogens (primary N) is 1. The average Bonchev–Trinajstić information content (AvgIpc) is 2.45. The minimum absolute atomic E-state index is 0.00454. The second-order valence-corrected chi connectivity index (χ2v) is 5.06. The van der Waals surface area contributed by atoms with Crippen LogP contribution in [0.3, 0.4) is 0 Å². The van der Waals surface area contributed by atoms with Crippen molar-refractivity contribution in [1.29, 1.82) is 0 Å². The van der Waals surface area contributed by atoms with Crippen molar-refractivity contribution in [2.24, 2.45) is 11.7 Å². The van der Waals surface area contributed by atoms with Gasteiger partial charge in [-0.3, -0.25) is 4.79 Å². The normalized spacial score (nSPS) is 18.9. The number of hydrogen-bond acceptors (Lipinski definition) is 3. The molecular formula is C13H26N4O2. The van der Waals surface area contributed by atoms with Gasteiger partial charge >= 0.3 is 6.03 Å². The molecule has 1 fully saturated rings. The smallest absolute Gasteiger partial charge is 0.317 e. The predicted molar refractivity (Wildman–Crippen MR) is 74.7 cm³/mol. The van der Waals surface area contributed by atoms with Crippen LogP contribution in [0.5, 0.6) is 0 Å². The van der Waals surface area contributed by atoms with E-state index in [1.807, 2.05) is 20.8 Å². The maximum absolute atomic E-state index is 12.2. The van der Waals surface area contributed by atoms with E-state index in [2.05, 4.69) is 5.32 Å². The fourth-order valence-corrected chi connectivity index (χ4v) is 2.10. The highest BCUT2D eigenvalue weighted by molar-refractivity contribution is 5.82. The van der Waals surface area contributed by atoms with E-state index >= 15 is 0 Å². The highest BCUT2D eigenvalue weighted by Gasteiger charge is 2.28. The van der Waals surface area contributed by atoms with E-state index in [4.69, 9.17) is 5.73 Å². The molecule has 3 N–H and O–H groups in total. The van der Waals surface area contributed by atoms with E-state index in [1.54, 1.807) is 9.80 Å². The fraction of sp³-hybridized carbons (Fsp3) is 0.846. The number of carbonyl (C=O) groups is 2. The molecule has 1 heterocycles. The van der Waals surface area contributed by atoms with Crippen molar-refractivity contribution in [2.75, 3.05) is 32.7 Å². The largest absolute Gasteiger partial charge is 0.338 e. The lowest BCUT2D eigenvalue weighted by molar-refractivity contribution is -0.135. The van der Waals surface area contributed by atoms with Crippen LogP contribution in [0.4, 0.5) is 4.79 Å². The van der Waals surface area contributed by atoms with E-state index in [9.17, 15) is 9.59 Å². The summed E-state index contributed by atoms with van der Waals surface area (Å²) in [6, 6.07) is -0.484. The van der Waals surface area contributed by atoms with E-state index < -0.39 is 6.04 Å². The lowest BCUT2D eigenvalue weighted by Crippen LogP contribution is -2.56.